The van der Waals surface area contributed by atoms with Gasteiger partial charge < -0.3 is 10.2 Å². The first-order chi connectivity index (χ1) is 6.84. The fraction of sp³-hybridized carbons (Fsp3) is 0.250. The Morgan fingerprint density at radius 1 is 1.50 bits per heavy atom. The molecule has 5 nitrogen and oxygen atoms in total. The summed E-state index contributed by atoms with van der Waals surface area (Å²) in [5.74, 6) is 0.557. The van der Waals surface area contributed by atoms with Gasteiger partial charge in [-0.1, -0.05) is 5.46 Å². The summed E-state index contributed by atoms with van der Waals surface area (Å²) in [5.41, 5.74) is 3.34. The molecule has 1 aliphatic rings. The first-order valence-electron chi connectivity index (χ1n) is 4.24. The van der Waals surface area contributed by atoms with Crippen molar-refractivity contribution in [2.24, 2.45) is 0 Å². The highest BCUT2D eigenvalue weighted by Crippen LogP contribution is 1.98. The van der Waals surface area contributed by atoms with E-state index < -0.39 is 0 Å². The van der Waals surface area contributed by atoms with Crippen LogP contribution in [0.1, 0.15) is 0 Å². The smallest absolute Gasteiger partial charge is 0.222 e. The second-order valence-corrected chi connectivity index (χ2v) is 2.89. The number of anilines is 1. The number of nitrogens with one attached hydrogen (secondary N) is 2. The van der Waals surface area contributed by atoms with Gasteiger partial charge in [-0.25, -0.2) is 9.97 Å². The molecule has 1 aliphatic heterocycles. The Hall–Kier alpha value is -1.56. The van der Waals surface area contributed by atoms with Crippen molar-refractivity contribution in [2.75, 3.05) is 11.9 Å². The molecule has 0 amide bonds. The van der Waals surface area contributed by atoms with Gasteiger partial charge in [-0.05, 0) is 6.08 Å². The van der Waals surface area contributed by atoms with E-state index in [-0.39, 0.29) is 6.04 Å². The third-order valence-electron chi connectivity index (χ3n) is 1.75. The van der Waals surface area contributed by atoms with Crippen LogP contribution >= 0.6 is 0 Å². The van der Waals surface area contributed by atoms with Gasteiger partial charge in [0.25, 0.3) is 0 Å². The van der Waals surface area contributed by atoms with Gasteiger partial charge in [-0.3, -0.25) is 0 Å². The molecule has 6 heteroatoms. The Kier molecular flexibility index (Phi) is 2.64. The second-order valence-electron chi connectivity index (χ2n) is 2.89. The molecular formula is C8H9BN4O. The fourth-order valence-electron chi connectivity index (χ4n) is 1.04. The zero-order chi connectivity index (χ0) is 9.80. The lowest BCUT2D eigenvalue weighted by atomic mass is 10.0. The molecule has 2 heterocycles. The summed E-state index contributed by atoms with van der Waals surface area (Å²) in [6.07, 6.45) is 6.63. The van der Waals surface area contributed by atoms with E-state index in [1.807, 2.05) is 6.08 Å². The predicted octanol–water partition coefficient (Wildman–Crippen LogP) is -0.901. The summed E-state index contributed by atoms with van der Waals surface area (Å²) in [5, 5.41) is 3.04. The maximum absolute atomic E-state index is 5.45. The van der Waals surface area contributed by atoms with Gasteiger partial charge in [0.2, 0.25) is 5.95 Å². The van der Waals surface area contributed by atoms with Crippen molar-refractivity contribution in [1.82, 2.24) is 15.4 Å². The van der Waals surface area contributed by atoms with Crippen LogP contribution < -0.4 is 16.3 Å². The van der Waals surface area contributed by atoms with Gasteiger partial charge in [-0.2, -0.15) is 0 Å². The second kappa shape index (κ2) is 4.10. The summed E-state index contributed by atoms with van der Waals surface area (Å²) < 4.78 is 0. The zero-order valence-corrected chi connectivity index (χ0v) is 7.47. The van der Waals surface area contributed by atoms with Crippen LogP contribution in [0, 0.1) is 0 Å². The molecule has 14 heavy (non-hydrogen) atoms. The molecule has 1 atom stereocenters. The zero-order valence-electron chi connectivity index (χ0n) is 7.47. The number of rotatable bonds is 3. The molecule has 2 N–H and O–H groups in total. The summed E-state index contributed by atoms with van der Waals surface area (Å²) >= 11 is 0. The number of hydroxylamine groups is 1. The highest BCUT2D eigenvalue weighted by Gasteiger charge is 2.08. The molecule has 0 saturated heterocycles. The molecule has 1 aromatic rings. The van der Waals surface area contributed by atoms with Crippen molar-refractivity contribution >= 4 is 19.3 Å². The summed E-state index contributed by atoms with van der Waals surface area (Å²) in [7, 11) is 5.45. The van der Waals surface area contributed by atoms with E-state index in [4.69, 9.17) is 12.7 Å². The molecule has 0 bridgehead atoms. The molecular weight excluding hydrogens is 179 g/mol. The summed E-state index contributed by atoms with van der Waals surface area (Å²) in [4.78, 5) is 12.8. The minimum atomic E-state index is 0.149. The molecule has 2 rings (SSSR count). The number of nitrogens with zero attached hydrogens (tertiary/aromatic N) is 2. The van der Waals surface area contributed by atoms with Crippen LogP contribution in [-0.4, -0.2) is 30.4 Å². The fourth-order valence-corrected chi connectivity index (χ4v) is 1.04. The van der Waals surface area contributed by atoms with E-state index in [0.29, 0.717) is 18.0 Å². The van der Waals surface area contributed by atoms with E-state index in [1.54, 1.807) is 18.7 Å². The maximum atomic E-state index is 5.45. The van der Waals surface area contributed by atoms with Crippen LogP contribution in [0.5, 0.6) is 0 Å². The van der Waals surface area contributed by atoms with E-state index in [9.17, 15) is 0 Å². The van der Waals surface area contributed by atoms with Crippen LogP contribution in [0.2, 0.25) is 0 Å². The molecule has 0 aliphatic carbocycles. The van der Waals surface area contributed by atoms with Crippen molar-refractivity contribution in [3.63, 3.8) is 0 Å². The standard InChI is InChI=1S/C8H9BN4O/c9-6-3-10-8(11-4-6)12-5-7-1-2-14-13-7/h1-4,7,13H,5H2,(H,10,11,12). The van der Waals surface area contributed by atoms with E-state index in [2.05, 4.69) is 20.8 Å². The van der Waals surface area contributed by atoms with Crippen LogP contribution in [-0.2, 0) is 4.84 Å². The lowest BCUT2D eigenvalue weighted by Crippen LogP contribution is -2.29. The number of hydrogen-bond acceptors (Lipinski definition) is 5. The minimum absolute atomic E-state index is 0.149. The molecule has 0 fully saturated rings. The molecule has 0 saturated carbocycles. The maximum Gasteiger partial charge on any atom is 0.222 e. The van der Waals surface area contributed by atoms with E-state index >= 15 is 0 Å². The number of aromatic nitrogens is 2. The SMILES string of the molecule is [B]c1cnc(NCC2C=CON2)nc1. The van der Waals surface area contributed by atoms with Crippen molar-refractivity contribution in [3.8, 4) is 0 Å². The van der Waals surface area contributed by atoms with E-state index in [0.717, 1.165) is 0 Å². The Balaban J connectivity index is 1.85. The Morgan fingerprint density at radius 2 is 2.29 bits per heavy atom. The van der Waals surface area contributed by atoms with Crippen molar-refractivity contribution in [3.05, 3.63) is 24.7 Å². The van der Waals surface area contributed by atoms with Crippen LogP contribution in [0.25, 0.3) is 0 Å². The molecule has 1 unspecified atom stereocenters. The van der Waals surface area contributed by atoms with Crippen molar-refractivity contribution < 1.29 is 4.84 Å². The largest absolute Gasteiger partial charge is 0.416 e. The first kappa shape index (κ1) is 9.02. The third kappa shape index (κ3) is 2.23. The molecule has 70 valence electrons. The Bertz CT molecular complexity index is 327. The number of hydrogen-bond donors (Lipinski definition) is 2. The average molecular weight is 188 g/mol. The monoisotopic (exact) mass is 188 g/mol. The minimum Gasteiger partial charge on any atom is -0.416 e. The van der Waals surface area contributed by atoms with Gasteiger partial charge in [0.15, 0.2) is 0 Å². The summed E-state index contributed by atoms with van der Waals surface area (Å²) in [6, 6.07) is 0.149. The quantitative estimate of drug-likeness (QED) is 0.602. The van der Waals surface area contributed by atoms with Crippen LogP contribution in [0.4, 0.5) is 5.95 Å². The third-order valence-corrected chi connectivity index (χ3v) is 1.75. The summed E-state index contributed by atoms with van der Waals surface area (Å²) in [6.45, 7) is 0.667. The topological polar surface area (TPSA) is 59.1 Å². The highest BCUT2D eigenvalue weighted by atomic mass is 16.6. The Labute approximate surface area is 83.0 Å². The van der Waals surface area contributed by atoms with Crippen LogP contribution in [0.3, 0.4) is 0 Å². The Morgan fingerprint density at radius 3 is 2.93 bits per heavy atom. The normalized spacial score (nSPS) is 19.3. The van der Waals surface area contributed by atoms with Gasteiger partial charge in [-0.15, -0.1) is 5.48 Å². The van der Waals surface area contributed by atoms with Gasteiger partial charge >= 0.3 is 0 Å². The average Bonchev–Trinajstić information content (AvgIpc) is 2.70. The molecule has 0 spiro atoms. The van der Waals surface area contributed by atoms with Crippen LogP contribution in [0.15, 0.2) is 24.7 Å². The van der Waals surface area contributed by atoms with Gasteiger partial charge in [0, 0.05) is 18.9 Å². The van der Waals surface area contributed by atoms with Crippen molar-refractivity contribution in [1.29, 1.82) is 0 Å². The lowest BCUT2D eigenvalue weighted by Gasteiger charge is -2.08. The lowest BCUT2D eigenvalue weighted by molar-refractivity contribution is 0.145. The predicted molar refractivity (Wildman–Crippen MR) is 53.1 cm³/mol. The van der Waals surface area contributed by atoms with Gasteiger partial charge in [0.05, 0.1) is 6.04 Å². The molecule has 0 aromatic carbocycles. The highest BCUT2D eigenvalue weighted by molar-refractivity contribution is 6.31. The van der Waals surface area contributed by atoms with E-state index in [1.165, 1.54) is 0 Å². The molecule has 2 radical (unpaired) electrons. The molecule has 1 aromatic heterocycles. The van der Waals surface area contributed by atoms with Gasteiger partial charge in [0.1, 0.15) is 14.1 Å². The van der Waals surface area contributed by atoms with Crippen molar-refractivity contribution in [2.45, 2.75) is 6.04 Å². The first-order valence-corrected chi connectivity index (χ1v) is 4.24.